The fraction of sp³-hybridized carbons (Fsp3) is 0.111. The van der Waals surface area contributed by atoms with E-state index < -0.39 is 10.0 Å². The maximum absolute atomic E-state index is 12.2. The van der Waals surface area contributed by atoms with Gasteiger partial charge in [-0.3, -0.25) is 4.79 Å². The van der Waals surface area contributed by atoms with Gasteiger partial charge in [0.1, 0.15) is 0 Å². The van der Waals surface area contributed by atoms with Crippen molar-refractivity contribution >= 4 is 44.3 Å². The minimum absolute atomic E-state index is 0.0465. The van der Waals surface area contributed by atoms with Gasteiger partial charge < -0.3 is 5.32 Å². The standard InChI is InChI=1S/C18H17N3O3S2/c1-12-9-18(21-16-8-3-2-7-15(12)16)25-11-17(22)20-13-5-4-6-14(10-13)26(19,23)24/h2-10H,11H2,1H3,(H,20,22)(H2,19,23,24). The van der Waals surface area contributed by atoms with Gasteiger partial charge in [0.15, 0.2) is 0 Å². The Bertz CT molecular complexity index is 1080. The summed E-state index contributed by atoms with van der Waals surface area (Å²) in [5, 5.41) is 9.61. The third-order valence-corrected chi connectivity index (χ3v) is 5.52. The van der Waals surface area contributed by atoms with Crippen LogP contribution in [0.2, 0.25) is 0 Å². The Balaban J connectivity index is 1.68. The first-order valence-electron chi connectivity index (χ1n) is 7.75. The van der Waals surface area contributed by atoms with E-state index in [2.05, 4.69) is 10.3 Å². The second-order valence-corrected chi connectivity index (χ2v) is 8.26. The monoisotopic (exact) mass is 387 g/mol. The van der Waals surface area contributed by atoms with E-state index in [4.69, 9.17) is 5.14 Å². The van der Waals surface area contributed by atoms with Crippen molar-refractivity contribution in [2.24, 2.45) is 5.14 Å². The molecule has 0 aliphatic rings. The Labute approximate surface area is 155 Å². The van der Waals surface area contributed by atoms with Gasteiger partial charge in [-0.25, -0.2) is 18.5 Å². The maximum atomic E-state index is 12.2. The highest BCUT2D eigenvalue weighted by atomic mass is 32.2. The summed E-state index contributed by atoms with van der Waals surface area (Å²) < 4.78 is 22.7. The predicted molar refractivity (Wildman–Crippen MR) is 104 cm³/mol. The topological polar surface area (TPSA) is 102 Å². The summed E-state index contributed by atoms with van der Waals surface area (Å²) in [5.74, 6) is -0.0983. The average molecular weight is 387 g/mol. The summed E-state index contributed by atoms with van der Waals surface area (Å²) in [5.41, 5.74) is 2.36. The van der Waals surface area contributed by atoms with Crippen LogP contribution in [0.3, 0.4) is 0 Å². The van der Waals surface area contributed by atoms with Gasteiger partial charge in [-0.15, -0.1) is 0 Å². The third kappa shape index (κ3) is 4.40. The first kappa shape index (κ1) is 18.4. The quantitative estimate of drug-likeness (QED) is 0.655. The minimum atomic E-state index is -3.81. The Morgan fingerprint density at radius 2 is 1.92 bits per heavy atom. The minimum Gasteiger partial charge on any atom is -0.325 e. The zero-order chi connectivity index (χ0) is 18.7. The van der Waals surface area contributed by atoms with E-state index in [9.17, 15) is 13.2 Å². The lowest BCUT2D eigenvalue weighted by molar-refractivity contribution is -0.113. The summed E-state index contributed by atoms with van der Waals surface area (Å²) in [7, 11) is -3.81. The smallest absolute Gasteiger partial charge is 0.238 e. The summed E-state index contributed by atoms with van der Waals surface area (Å²) in [6.45, 7) is 2.01. The van der Waals surface area contributed by atoms with Crippen LogP contribution in [0.25, 0.3) is 10.9 Å². The van der Waals surface area contributed by atoms with Crippen LogP contribution in [0.1, 0.15) is 5.56 Å². The SMILES string of the molecule is Cc1cc(SCC(=O)Nc2cccc(S(N)(=O)=O)c2)nc2ccccc12. The number of hydrogen-bond acceptors (Lipinski definition) is 5. The van der Waals surface area contributed by atoms with E-state index in [1.165, 1.54) is 30.0 Å². The molecule has 0 aliphatic carbocycles. The number of pyridine rings is 1. The molecule has 0 spiro atoms. The zero-order valence-corrected chi connectivity index (χ0v) is 15.6. The predicted octanol–water partition coefficient (Wildman–Crippen LogP) is 2.92. The van der Waals surface area contributed by atoms with E-state index >= 15 is 0 Å². The van der Waals surface area contributed by atoms with Crippen molar-refractivity contribution in [1.82, 2.24) is 4.98 Å². The van der Waals surface area contributed by atoms with Crippen molar-refractivity contribution < 1.29 is 13.2 Å². The molecule has 0 fully saturated rings. The molecule has 26 heavy (non-hydrogen) atoms. The lowest BCUT2D eigenvalue weighted by atomic mass is 10.1. The number of amides is 1. The van der Waals surface area contributed by atoms with E-state index in [1.54, 1.807) is 6.07 Å². The fourth-order valence-corrected chi connectivity index (χ4v) is 3.81. The number of anilines is 1. The number of sulfonamides is 1. The van der Waals surface area contributed by atoms with E-state index in [-0.39, 0.29) is 16.6 Å². The van der Waals surface area contributed by atoms with Crippen LogP contribution in [0.4, 0.5) is 5.69 Å². The van der Waals surface area contributed by atoms with Gasteiger partial charge in [-0.05, 0) is 42.8 Å². The second-order valence-electron chi connectivity index (χ2n) is 5.70. The number of nitrogens with zero attached hydrogens (tertiary/aromatic N) is 1. The van der Waals surface area contributed by atoms with Crippen LogP contribution < -0.4 is 10.5 Å². The van der Waals surface area contributed by atoms with Crippen LogP contribution in [-0.4, -0.2) is 25.1 Å². The van der Waals surface area contributed by atoms with Crippen molar-refractivity contribution in [3.05, 3.63) is 60.2 Å². The largest absolute Gasteiger partial charge is 0.325 e. The molecule has 0 unspecified atom stereocenters. The van der Waals surface area contributed by atoms with Gasteiger partial charge in [0.25, 0.3) is 0 Å². The molecule has 1 heterocycles. The molecular formula is C18H17N3O3S2. The fourth-order valence-electron chi connectivity index (χ4n) is 2.48. The number of rotatable bonds is 5. The van der Waals surface area contributed by atoms with Crippen molar-refractivity contribution in [1.29, 1.82) is 0 Å². The molecule has 0 saturated carbocycles. The highest BCUT2D eigenvalue weighted by molar-refractivity contribution is 7.99. The van der Waals surface area contributed by atoms with E-state index in [0.29, 0.717) is 5.69 Å². The van der Waals surface area contributed by atoms with Crippen molar-refractivity contribution in [3.8, 4) is 0 Å². The Hall–Kier alpha value is -2.42. The van der Waals surface area contributed by atoms with E-state index in [1.807, 2.05) is 37.3 Å². The molecular weight excluding hydrogens is 370 g/mol. The first-order chi connectivity index (χ1) is 12.3. The Morgan fingerprint density at radius 3 is 2.69 bits per heavy atom. The van der Waals surface area contributed by atoms with Gasteiger partial charge in [0.05, 0.1) is 21.2 Å². The van der Waals surface area contributed by atoms with Crippen LogP contribution in [-0.2, 0) is 14.8 Å². The number of carbonyl (C=O) groups is 1. The average Bonchev–Trinajstić information content (AvgIpc) is 2.59. The van der Waals surface area contributed by atoms with Crippen molar-refractivity contribution in [2.45, 2.75) is 16.8 Å². The molecule has 3 N–H and O–H groups in total. The van der Waals surface area contributed by atoms with Crippen LogP contribution in [0, 0.1) is 6.92 Å². The number of thioether (sulfide) groups is 1. The number of fused-ring (bicyclic) bond motifs is 1. The molecule has 0 radical (unpaired) electrons. The van der Waals surface area contributed by atoms with Crippen LogP contribution in [0.15, 0.2) is 64.5 Å². The molecule has 0 atom stereocenters. The molecule has 1 aromatic heterocycles. The number of nitrogens with one attached hydrogen (secondary N) is 1. The molecule has 2 aromatic carbocycles. The van der Waals surface area contributed by atoms with Gasteiger partial charge in [0, 0.05) is 11.1 Å². The number of aryl methyl sites for hydroxylation is 1. The second kappa shape index (κ2) is 7.45. The Morgan fingerprint density at radius 1 is 1.15 bits per heavy atom. The van der Waals surface area contributed by atoms with Gasteiger partial charge in [-0.2, -0.15) is 0 Å². The molecule has 134 valence electrons. The Kier molecular flexibility index (Phi) is 5.26. The molecule has 1 amide bonds. The number of benzene rings is 2. The number of nitrogens with two attached hydrogens (primary N) is 1. The molecule has 3 aromatic rings. The highest BCUT2D eigenvalue weighted by Gasteiger charge is 2.10. The molecule has 6 nitrogen and oxygen atoms in total. The normalized spacial score (nSPS) is 11.5. The summed E-state index contributed by atoms with van der Waals surface area (Å²) in [6, 6.07) is 15.6. The number of carbonyl (C=O) groups excluding carboxylic acids is 1. The van der Waals surface area contributed by atoms with Gasteiger partial charge in [0.2, 0.25) is 15.9 Å². The van der Waals surface area contributed by atoms with Crippen molar-refractivity contribution in [2.75, 3.05) is 11.1 Å². The molecule has 0 aliphatic heterocycles. The van der Waals surface area contributed by atoms with Gasteiger partial charge >= 0.3 is 0 Å². The molecule has 3 rings (SSSR count). The van der Waals surface area contributed by atoms with Crippen LogP contribution in [0.5, 0.6) is 0 Å². The molecule has 0 saturated heterocycles. The molecule has 8 heteroatoms. The number of hydrogen-bond donors (Lipinski definition) is 2. The lowest BCUT2D eigenvalue weighted by Crippen LogP contribution is -2.16. The van der Waals surface area contributed by atoms with Crippen molar-refractivity contribution in [3.63, 3.8) is 0 Å². The van der Waals surface area contributed by atoms with E-state index in [0.717, 1.165) is 21.5 Å². The van der Waals surface area contributed by atoms with Gasteiger partial charge in [-0.1, -0.05) is 36.0 Å². The third-order valence-electron chi connectivity index (χ3n) is 3.70. The summed E-state index contributed by atoms with van der Waals surface area (Å²) in [6.07, 6.45) is 0. The number of aromatic nitrogens is 1. The zero-order valence-electron chi connectivity index (χ0n) is 14.0. The van der Waals surface area contributed by atoms with Crippen LogP contribution >= 0.6 is 11.8 Å². The summed E-state index contributed by atoms with van der Waals surface area (Å²) >= 11 is 1.32. The maximum Gasteiger partial charge on any atom is 0.238 e. The number of primary sulfonamides is 1. The molecule has 0 bridgehead atoms. The number of para-hydroxylation sites is 1. The lowest BCUT2D eigenvalue weighted by Gasteiger charge is -2.08. The highest BCUT2D eigenvalue weighted by Crippen LogP contribution is 2.24. The summed E-state index contributed by atoms with van der Waals surface area (Å²) in [4.78, 5) is 16.7. The first-order valence-corrected chi connectivity index (χ1v) is 10.3.